The molecule has 1 rings (SSSR count). The zero-order chi connectivity index (χ0) is 10.6. The van der Waals surface area contributed by atoms with E-state index in [-0.39, 0.29) is 19.8 Å². The Hall–Kier alpha value is -1.71. The van der Waals surface area contributed by atoms with Crippen LogP contribution in [0.3, 0.4) is 0 Å². The largest absolute Gasteiger partial charge is 0.507 e. The number of ether oxygens (including phenoxy) is 2. The minimum Gasteiger partial charge on any atom is -0.507 e. The number of phenols is 1. The van der Waals surface area contributed by atoms with Crippen LogP contribution in [-0.4, -0.2) is 18.2 Å². The lowest BCUT2D eigenvalue weighted by molar-refractivity contribution is -0.142. The number of hydrogen-bond donors (Lipinski definition) is 1. The van der Waals surface area contributed by atoms with Gasteiger partial charge in [0.05, 0.1) is 12.7 Å². The first-order valence-electron chi connectivity index (χ1n) is 4.13. The predicted octanol–water partition coefficient (Wildman–Crippen LogP) is 2.10. The molecule has 0 aliphatic heterocycles. The van der Waals surface area contributed by atoms with Crippen molar-refractivity contribution in [1.29, 1.82) is 0 Å². The molecule has 0 amide bonds. The van der Waals surface area contributed by atoms with Crippen LogP contribution >= 0.6 is 0 Å². The topological polar surface area (TPSA) is 55.8 Å². The molecule has 0 bridgehead atoms. The average Bonchev–Trinajstić information content (AvgIpc) is 2.15. The number of methoxy groups -OCH3 is 1. The maximum Gasteiger partial charge on any atom is 0.302 e. The van der Waals surface area contributed by atoms with E-state index in [1.165, 1.54) is 20.1 Å². The SMILES string of the molecule is C.COc1cccc(O)c1COC(C)=O. The zero-order valence-corrected chi connectivity index (χ0v) is 8.11. The lowest BCUT2D eigenvalue weighted by Crippen LogP contribution is -2.01. The average molecular weight is 212 g/mol. The molecule has 15 heavy (non-hydrogen) atoms. The van der Waals surface area contributed by atoms with Crippen LogP contribution in [-0.2, 0) is 16.1 Å². The zero-order valence-electron chi connectivity index (χ0n) is 8.11. The monoisotopic (exact) mass is 212 g/mol. The van der Waals surface area contributed by atoms with Gasteiger partial charge in [0.1, 0.15) is 18.1 Å². The van der Waals surface area contributed by atoms with Gasteiger partial charge in [-0.3, -0.25) is 4.79 Å². The molecule has 0 saturated carbocycles. The van der Waals surface area contributed by atoms with E-state index in [9.17, 15) is 9.90 Å². The molecule has 0 atom stereocenters. The Labute approximate surface area is 89.4 Å². The molecule has 1 aromatic carbocycles. The summed E-state index contributed by atoms with van der Waals surface area (Å²) >= 11 is 0. The summed E-state index contributed by atoms with van der Waals surface area (Å²) in [5.41, 5.74) is 0.477. The van der Waals surface area contributed by atoms with Crippen LogP contribution in [0.2, 0.25) is 0 Å². The van der Waals surface area contributed by atoms with Crippen molar-refractivity contribution >= 4 is 5.97 Å². The Balaban J connectivity index is 0.00000196. The van der Waals surface area contributed by atoms with Crippen LogP contribution in [0.25, 0.3) is 0 Å². The van der Waals surface area contributed by atoms with Gasteiger partial charge in [-0.15, -0.1) is 0 Å². The number of esters is 1. The highest BCUT2D eigenvalue weighted by molar-refractivity contribution is 5.66. The minimum atomic E-state index is -0.393. The van der Waals surface area contributed by atoms with Gasteiger partial charge < -0.3 is 14.6 Å². The standard InChI is InChI=1S/C10H12O4.CH4/c1-7(11)14-6-8-9(12)4-3-5-10(8)13-2;/h3-5,12H,6H2,1-2H3;1H4. The Bertz CT molecular complexity index is 333. The van der Waals surface area contributed by atoms with Crippen molar-refractivity contribution < 1.29 is 19.4 Å². The Morgan fingerprint density at radius 3 is 2.67 bits per heavy atom. The van der Waals surface area contributed by atoms with E-state index in [1.807, 2.05) is 0 Å². The molecule has 1 N–H and O–H groups in total. The molecule has 0 heterocycles. The normalized spacial score (nSPS) is 8.93. The lowest BCUT2D eigenvalue weighted by Gasteiger charge is -2.09. The Kier molecular flexibility index (Phi) is 5.23. The van der Waals surface area contributed by atoms with Crippen LogP contribution in [0.15, 0.2) is 18.2 Å². The molecule has 4 nitrogen and oxygen atoms in total. The second-order valence-corrected chi connectivity index (χ2v) is 2.74. The number of carbonyl (C=O) groups is 1. The van der Waals surface area contributed by atoms with Gasteiger partial charge in [0.15, 0.2) is 0 Å². The highest BCUT2D eigenvalue weighted by Crippen LogP contribution is 2.27. The predicted molar refractivity (Wildman–Crippen MR) is 56.9 cm³/mol. The van der Waals surface area contributed by atoms with Gasteiger partial charge in [-0.1, -0.05) is 13.5 Å². The highest BCUT2D eigenvalue weighted by atomic mass is 16.5. The van der Waals surface area contributed by atoms with Crippen molar-refractivity contribution in [2.24, 2.45) is 0 Å². The molecule has 0 fully saturated rings. The summed E-state index contributed by atoms with van der Waals surface area (Å²) in [7, 11) is 1.49. The van der Waals surface area contributed by atoms with Gasteiger partial charge in [0.25, 0.3) is 0 Å². The van der Waals surface area contributed by atoms with Gasteiger partial charge in [-0.05, 0) is 12.1 Å². The summed E-state index contributed by atoms with van der Waals surface area (Å²) in [6.07, 6.45) is 0. The summed E-state index contributed by atoms with van der Waals surface area (Å²) in [4.78, 5) is 10.6. The fourth-order valence-electron chi connectivity index (χ4n) is 1.06. The van der Waals surface area contributed by atoms with E-state index in [4.69, 9.17) is 9.47 Å². The van der Waals surface area contributed by atoms with Crippen molar-refractivity contribution in [2.45, 2.75) is 21.0 Å². The summed E-state index contributed by atoms with van der Waals surface area (Å²) < 4.78 is 9.78. The summed E-state index contributed by atoms with van der Waals surface area (Å²) in [6.45, 7) is 1.33. The molecule has 0 aliphatic carbocycles. The van der Waals surface area contributed by atoms with Crippen LogP contribution in [0.5, 0.6) is 11.5 Å². The number of carbonyl (C=O) groups excluding carboxylic acids is 1. The number of aromatic hydroxyl groups is 1. The van der Waals surface area contributed by atoms with Crippen LogP contribution in [0, 0.1) is 0 Å². The molecular formula is C11H16O4. The Morgan fingerprint density at radius 1 is 1.47 bits per heavy atom. The molecule has 4 heteroatoms. The molecule has 0 aromatic heterocycles. The van der Waals surface area contributed by atoms with Crippen molar-refractivity contribution in [2.75, 3.05) is 7.11 Å². The van der Waals surface area contributed by atoms with Crippen LogP contribution < -0.4 is 4.74 Å². The first-order valence-corrected chi connectivity index (χ1v) is 4.13. The second kappa shape index (κ2) is 5.90. The van der Waals surface area contributed by atoms with Crippen molar-refractivity contribution in [3.8, 4) is 11.5 Å². The van der Waals surface area contributed by atoms with Gasteiger partial charge in [0, 0.05) is 6.92 Å². The first-order chi connectivity index (χ1) is 6.65. The number of benzene rings is 1. The Morgan fingerprint density at radius 2 is 2.13 bits per heavy atom. The molecule has 0 unspecified atom stereocenters. The summed E-state index contributed by atoms with van der Waals surface area (Å²) in [5.74, 6) is 0.173. The van der Waals surface area contributed by atoms with Crippen molar-refractivity contribution in [3.05, 3.63) is 23.8 Å². The number of hydrogen-bond acceptors (Lipinski definition) is 4. The van der Waals surface area contributed by atoms with E-state index in [0.717, 1.165) is 0 Å². The second-order valence-electron chi connectivity index (χ2n) is 2.74. The summed E-state index contributed by atoms with van der Waals surface area (Å²) in [6, 6.07) is 4.87. The maximum absolute atomic E-state index is 10.6. The van der Waals surface area contributed by atoms with Gasteiger partial charge >= 0.3 is 5.97 Å². The summed E-state index contributed by atoms with van der Waals surface area (Å²) in [5, 5.41) is 9.46. The fourth-order valence-corrected chi connectivity index (χ4v) is 1.06. The molecule has 0 spiro atoms. The lowest BCUT2D eigenvalue weighted by atomic mass is 10.2. The third-order valence-electron chi connectivity index (χ3n) is 1.75. The van der Waals surface area contributed by atoms with Crippen LogP contribution in [0.4, 0.5) is 0 Å². The molecule has 1 aromatic rings. The minimum absolute atomic E-state index is 0. The van der Waals surface area contributed by atoms with E-state index in [2.05, 4.69) is 0 Å². The molecule has 0 radical (unpaired) electrons. The first kappa shape index (κ1) is 13.3. The van der Waals surface area contributed by atoms with E-state index < -0.39 is 5.97 Å². The highest BCUT2D eigenvalue weighted by Gasteiger charge is 2.09. The van der Waals surface area contributed by atoms with E-state index >= 15 is 0 Å². The quantitative estimate of drug-likeness (QED) is 0.779. The van der Waals surface area contributed by atoms with E-state index in [1.54, 1.807) is 12.1 Å². The number of phenolic OH excluding ortho intramolecular Hbond substituents is 1. The molecule has 0 aliphatic rings. The van der Waals surface area contributed by atoms with Gasteiger partial charge in [-0.25, -0.2) is 0 Å². The third kappa shape index (κ3) is 3.50. The van der Waals surface area contributed by atoms with Crippen LogP contribution in [0.1, 0.15) is 19.9 Å². The molecule has 84 valence electrons. The maximum atomic E-state index is 10.6. The molecule has 0 saturated heterocycles. The fraction of sp³-hybridized carbons (Fsp3) is 0.364. The van der Waals surface area contributed by atoms with E-state index in [0.29, 0.717) is 11.3 Å². The smallest absolute Gasteiger partial charge is 0.302 e. The molecular weight excluding hydrogens is 196 g/mol. The van der Waals surface area contributed by atoms with Gasteiger partial charge in [-0.2, -0.15) is 0 Å². The van der Waals surface area contributed by atoms with Gasteiger partial charge in [0.2, 0.25) is 0 Å². The van der Waals surface area contributed by atoms with Crippen molar-refractivity contribution in [1.82, 2.24) is 0 Å². The third-order valence-corrected chi connectivity index (χ3v) is 1.75. The van der Waals surface area contributed by atoms with Crippen molar-refractivity contribution in [3.63, 3.8) is 0 Å². The number of rotatable bonds is 3.